The van der Waals surface area contributed by atoms with E-state index in [0.717, 1.165) is 0 Å². The van der Waals surface area contributed by atoms with Crippen molar-refractivity contribution in [2.75, 3.05) is 11.5 Å². The molecule has 1 amide bonds. The van der Waals surface area contributed by atoms with E-state index >= 15 is 0 Å². The second-order valence-electron chi connectivity index (χ2n) is 5.99. The van der Waals surface area contributed by atoms with Crippen LogP contribution in [0.25, 0.3) is 10.2 Å². The summed E-state index contributed by atoms with van der Waals surface area (Å²) >= 11 is 1.26. The fourth-order valence-electron chi connectivity index (χ4n) is 2.67. The van der Waals surface area contributed by atoms with Gasteiger partial charge in [0, 0.05) is 6.20 Å². The summed E-state index contributed by atoms with van der Waals surface area (Å²) in [4.78, 5) is 23.0. The molecule has 4 aromatic rings. The monoisotopic (exact) mass is 393 g/mol. The van der Waals surface area contributed by atoms with E-state index < -0.39 is 5.82 Å². The second-order valence-corrected chi connectivity index (χ2v) is 6.99. The number of halogens is 1. The predicted octanol–water partition coefficient (Wildman–Crippen LogP) is 4.44. The Hall–Kier alpha value is -3.32. The molecular formula is C21H16FN3O2S. The summed E-state index contributed by atoms with van der Waals surface area (Å²) in [5.41, 5.74) is 0.959. The van der Waals surface area contributed by atoms with Gasteiger partial charge in [-0.25, -0.2) is 9.37 Å². The zero-order valence-corrected chi connectivity index (χ0v) is 15.6. The molecule has 0 aliphatic carbocycles. The fraction of sp³-hybridized carbons (Fsp3) is 0.0952. The molecule has 0 saturated heterocycles. The van der Waals surface area contributed by atoms with Crippen LogP contribution in [0.15, 0.2) is 72.9 Å². The van der Waals surface area contributed by atoms with Crippen LogP contribution in [0.4, 0.5) is 9.52 Å². The van der Waals surface area contributed by atoms with Gasteiger partial charge in [-0.3, -0.25) is 14.7 Å². The fourth-order valence-corrected chi connectivity index (χ4v) is 3.67. The summed E-state index contributed by atoms with van der Waals surface area (Å²) in [5.74, 6) is -0.0938. The Balaban J connectivity index is 1.62. The largest absolute Gasteiger partial charge is 0.484 e. The van der Waals surface area contributed by atoms with Gasteiger partial charge >= 0.3 is 0 Å². The maximum absolute atomic E-state index is 14.1. The van der Waals surface area contributed by atoms with E-state index in [4.69, 9.17) is 4.74 Å². The molecule has 0 saturated carbocycles. The van der Waals surface area contributed by atoms with E-state index in [0.29, 0.717) is 21.3 Å². The van der Waals surface area contributed by atoms with E-state index in [1.54, 1.807) is 36.5 Å². The predicted molar refractivity (Wildman–Crippen MR) is 107 cm³/mol. The van der Waals surface area contributed by atoms with Crippen LogP contribution in [0.2, 0.25) is 0 Å². The van der Waals surface area contributed by atoms with Gasteiger partial charge in [0.25, 0.3) is 5.91 Å². The number of anilines is 1. The highest BCUT2D eigenvalue weighted by molar-refractivity contribution is 7.22. The summed E-state index contributed by atoms with van der Waals surface area (Å²) in [6.45, 7) is 0.0640. The molecule has 0 bridgehead atoms. The highest BCUT2D eigenvalue weighted by Crippen LogP contribution is 2.31. The Bertz CT molecular complexity index is 1090. The lowest BCUT2D eigenvalue weighted by Gasteiger charge is -2.19. The van der Waals surface area contributed by atoms with Crippen LogP contribution < -0.4 is 9.64 Å². The Morgan fingerprint density at radius 3 is 2.61 bits per heavy atom. The highest BCUT2D eigenvalue weighted by atomic mass is 32.1. The number of fused-ring (bicyclic) bond motifs is 1. The van der Waals surface area contributed by atoms with Gasteiger partial charge < -0.3 is 4.74 Å². The molecule has 0 spiro atoms. The SMILES string of the molecule is O=C(COc1ccccc1)N(Cc1ccccn1)c1nc2c(F)cccc2s1. The van der Waals surface area contributed by atoms with Crippen LogP contribution in [0.3, 0.4) is 0 Å². The van der Waals surface area contributed by atoms with Crippen LogP contribution in [0, 0.1) is 5.82 Å². The van der Waals surface area contributed by atoms with E-state index in [1.165, 1.54) is 22.3 Å². The Morgan fingerprint density at radius 2 is 1.86 bits per heavy atom. The third-order valence-electron chi connectivity index (χ3n) is 4.04. The average Bonchev–Trinajstić information content (AvgIpc) is 3.17. The number of carbonyl (C=O) groups excluding carboxylic acids is 1. The molecule has 0 radical (unpaired) electrons. The molecule has 5 nitrogen and oxygen atoms in total. The molecule has 0 unspecified atom stereocenters. The standard InChI is InChI=1S/C21H16FN3O2S/c22-17-10-6-11-18-20(17)24-21(28-18)25(13-15-7-4-5-12-23-15)19(26)14-27-16-8-2-1-3-9-16/h1-12H,13-14H2. The van der Waals surface area contributed by atoms with Crippen molar-refractivity contribution in [2.24, 2.45) is 0 Å². The van der Waals surface area contributed by atoms with Crippen LogP contribution in [0.5, 0.6) is 5.75 Å². The molecule has 2 aromatic carbocycles. The third kappa shape index (κ3) is 3.99. The quantitative estimate of drug-likeness (QED) is 0.486. The number of benzene rings is 2. The van der Waals surface area contributed by atoms with Crippen LogP contribution in [-0.2, 0) is 11.3 Å². The van der Waals surface area contributed by atoms with Gasteiger partial charge in [-0.05, 0) is 36.4 Å². The lowest BCUT2D eigenvalue weighted by atomic mass is 10.3. The molecule has 0 aliphatic heterocycles. The van der Waals surface area contributed by atoms with E-state index in [2.05, 4.69) is 9.97 Å². The first kappa shape index (κ1) is 18.1. The van der Waals surface area contributed by atoms with Crippen molar-refractivity contribution in [3.63, 3.8) is 0 Å². The second kappa shape index (κ2) is 8.14. The van der Waals surface area contributed by atoms with Gasteiger partial charge in [0.1, 0.15) is 17.1 Å². The van der Waals surface area contributed by atoms with E-state index in [1.807, 2.05) is 30.3 Å². The van der Waals surface area contributed by atoms with Crippen molar-refractivity contribution in [1.29, 1.82) is 0 Å². The minimum atomic E-state index is -0.411. The Labute approximate surface area is 165 Å². The molecule has 0 atom stereocenters. The Kier molecular flexibility index (Phi) is 5.25. The van der Waals surface area contributed by atoms with Crippen LogP contribution in [0.1, 0.15) is 5.69 Å². The molecule has 140 valence electrons. The number of amides is 1. The number of hydrogen-bond acceptors (Lipinski definition) is 5. The normalized spacial score (nSPS) is 10.8. The van der Waals surface area contributed by atoms with Crippen LogP contribution >= 0.6 is 11.3 Å². The molecule has 0 N–H and O–H groups in total. The number of ether oxygens (including phenoxy) is 1. The first-order chi connectivity index (χ1) is 13.7. The maximum Gasteiger partial charge on any atom is 0.267 e. The number of rotatable bonds is 6. The summed E-state index contributed by atoms with van der Waals surface area (Å²) in [7, 11) is 0. The van der Waals surface area contributed by atoms with Gasteiger partial charge in [0.05, 0.1) is 16.9 Å². The lowest BCUT2D eigenvalue weighted by Crippen LogP contribution is -2.34. The van der Waals surface area contributed by atoms with E-state index in [-0.39, 0.29) is 24.6 Å². The number of aromatic nitrogens is 2. The van der Waals surface area contributed by atoms with Gasteiger partial charge in [0.15, 0.2) is 11.7 Å². The van der Waals surface area contributed by atoms with Crippen LogP contribution in [-0.4, -0.2) is 22.5 Å². The summed E-state index contributed by atoms with van der Waals surface area (Å²) in [5, 5.41) is 0.410. The molecule has 4 rings (SSSR count). The van der Waals surface area contributed by atoms with Crippen molar-refractivity contribution < 1.29 is 13.9 Å². The first-order valence-electron chi connectivity index (χ1n) is 8.64. The summed E-state index contributed by atoms with van der Waals surface area (Å²) in [6.07, 6.45) is 1.66. The van der Waals surface area contributed by atoms with Gasteiger partial charge in [0.2, 0.25) is 0 Å². The number of para-hydroxylation sites is 2. The molecule has 2 aromatic heterocycles. The first-order valence-corrected chi connectivity index (χ1v) is 9.45. The van der Waals surface area contributed by atoms with Gasteiger partial charge in [-0.1, -0.05) is 41.7 Å². The molecule has 0 fully saturated rings. The molecule has 2 heterocycles. The number of thiazole rings is 1. The molecule has 0 aliphatic rings. The van der Waals surface area contributed by atoms with Crippen molar-refractivity contribution in [3.05, 3.63) is 84.4 Å². The summed E-state index contributed by atoms with van der Waals surface area (Å²) in [6, 6.07) is 19.4. The number of nitrogens with zero attached hydrogens (tertiary/aromatic N) is 3. The summed E-state index contributed by atoms with van der Waals surface area (Å²) < 4.78 is 20.3. The van der Waals surface area contributed by atoms with Crippen molar-refractivity contribution in [2.45, 2.75) is 6.54 Å². The minimum absolute atomic E-state index is 0.157. The highest BCUT2D eigenvalue weighted by Gasteiger charge is 2.22. The third-order valence-corrected chi connectivity index (χ3v) is 5.09. The van der Waals surface area contributed by atoms with Crippen molar-refractivity contribution in [3.8, 4) is 5.75 Å². The minimum Gasteiger partial charge on any atom is -0.484 e. The number of pyridine rings is 1. The topological polar surface area (TPSA) is 55.3 Å². The molecule has 7 heteroatoms. The number of carbonyl (C=O) groups is 1. The smallest absolute Gasteiger partial charge is 0.267 e. The average molecular weight is 393 g/mol. The van der Waals surface area contributed by atoms with Crippen molar-refractivity contribution >= 4 is 32.6 Å². The zero-order valence-electron chi connectivity index (χ0n) is 14.8. The maximum atomic E-state index is 14.1. The number of hydrogen-bond donors (Lipinski definition) is 0. The Morgan fingerprint density at radius 1 is 1.04 bits per heavy atom. The van der Waals surface area contributed by atoms with Gasteiger partial charge in [-0.15, -0.1) is 0 Å². The molecule has 28 heavy (non-hydrogen) atoms. The van der Waals surface area contributed by atoms with Gasteiger partial charge in [-0.2, -0.15) is 0 Å². The lowest BCUT2D eigenvalue weighted by molar-refractivity contribution is -0.120. The molecular weight excluding hydrogens is 377 g/mol. The van der Waals surface area contributed by atoms with E-state index in [9.17, 15) is 9.18 Å². The zero-order chi connectivity index (χ0) is 19.3. The van der Waals surface area contributed by atoms with Crippen molar-refractivity contribution in [1.82, 2.24) is 9.97 Å².